The van der Waals surface area contributed by atoms with Gasteiger partial charge in [0, 0.05) is 36.1 Å². The first-order valence-corrected chi connectivity index (χ1v) is 12.2. The SMILES string of the molecule is N[C@@H](Cc1cscn1)C(=O)N1CCn2c(nc(-c3ccc(F)cc3)c2Nc2ccc(Cl)c(F)c2)C1. The molecule has 2 aromatic heterocycles. The topological polar surface area (TPSA) is 89.1 Å². The van der Waals surface area contributed by atoms with E-state index in [-0.39, 0.29) is 23.3 Å². The fourth-order valence-corrected chi connectivity index (χ4v) is 4.74. The van der Waals surface area contributed by atoms with Crippen LogP contribution in [0.3, 0.4) is 0 Å². The molecule has 35 heavy (non-hydrogen) atoms. The molecule has 3 heterocycles. The molecule has 0 radical (unpaired) electrons. The fraction of sp³-hybridized carbons (Fsp3) is 0.208. The highest BCUT2D eigenvalue weighted by molar-refractivity contribution is 7.07. The van der Waals surface area contributed by atoms with E-state index in [0.717, 1.165) is 5.69 Å². The molecule has 0 bridgehead atoms. The number of carbonyl (C=O) groups is 1. The Morgan fingerprint density at radius 3 is 2.71 bits per heavy atom. The van der Waals surface area contributed by atoms with Gasteiger partial charge in [-0.2, -0.15) is 0 Å². The number of nitrogens with one attached hydrogen (secondary N) is 1. The van der Waals surface area contributed by atoms with E-state index in [0.29, 0.717) is 48.1 Å². The zero-order valence-electron chi connectivity index (χ0n) is 18.4. The van der Waals surface area contributed by atoms with E-state index >= 15 is 0 Å². The van der Waals surface area contributed by atoms with Crippen molar-refractivity contribution in [2.45, 2.75) is 25.6 Å². The lowest BCUT2D eigenvalue weighted by atomic mass is 10.1. The minimum atomic E-state index is -0.704. The molecule has 180 valence electrons. The molecule has 1 aliphatic rings. The minimum Gasteiger partial charge on any atom is -0.340 e. The molecule has 4 aromatic rings. The molecule has 11 heteroatoms. The highest BCUT2D eigenvalue weighted by Crippen LogP contribution is 2.34. The van der Waals surface area contributed by atoms with Crippen LogP contribution in [0, 0.1) is 11.6 Å². The van der Waals surface area contributed by atoms with Gasteiger partial charge in [-0.25, -0.2) is 18.7 Å². The van der Waals surface area contributed by atoms with Gasteiger partial charge >= 0.3 is 0 Å². The number of hydrogen-bond acceptors (Lipinski definition) is 6. The Balaban J connectivity index is 1.45. The Kier molecular flexibility index (Phi) is 6.50. The monoisotopic (exact) mass is 514 g/mol. The average molecular weight is 515 g/mol. The number of nitrogens with zero attached hydrogens (tertiary/aromatic N) is 4. The molecule has 0 fully saturated rings. The van der Waals surface area contributed by atoms with Crippen molar-refractivity contribution in [1.82, 2.24) is 19.4 Å². The Bertz CT molecular complexity index is 1360. The summed E-state index contributed by atoms with van der Waals surface area (Å²) in [7, 11) is 0. The number of anilines is 2. The molecule has 0 saturated carbocycles. The number of aromatic nitrogens is 3. The lowest BCUT2D eigenvalue weighted by molar-refractivity contribution is -0.134. The summed E-state index contributed by atoms with van der Waals surface area (Å²) in [6, 6.07) is 9.69. The molecule has 1 amide bonds. The first kappa shape index (κ1) is 23.4. The number of fused-ring (bicyclic) bond motifs is 1. The Morgan fingerprint density at radius 2 is 2.00 bits per heavy atom. The van der Waals surface area contributed by atoms with Crippen molar-refractivity contribution in [3.8, 4) is 11.3 Å². The first-order valence-electron chi connectivity index (χ1n) is 10.9. The minimum absolute atomic E-state index is 0.0211. The molecule has 0 aliphatic carbocycles. The summed E-state index contributed by atoms with van der Waals surface area (Å²) in [5.41, 5.74) is 10.4. The van der Waals surface area contributed by atoms with E-state index in [1.807, 2.05) is 9.95 Å². The Hall–Kier alpha value is -3.34. The van der Waals surface area contributed by atoms with Gasteiger partial charge in [0.05, 0.1) is 28.8 Å². The molecule has 2 aromatic carbocycles. The second-order valence-electron chi connectivity index (χ2n) is 8.19. The van der Waals surface area contributed by atoms with Crippen LogP contribution < -0.4 is 11.1 Å². The van der Waals surface area contributed by atoms with Crippen LogP contribution in [0.1, 0.15) is 11.5 Å². The third-order valence-electron chi connectivity index (χ3n) is 5.81. The summed E-state index contributed by atoms with van der Waals surface area (Å²) < 4.78 is 29.6. The number of benzene rings is 2. The van der Waals surface area contributed by atoms with Crippen molar-refractivity contribution in [2.75, 3.05) is 11.9 Å². The van der Waals surface area contributed by atoms with Crippen LogP contribution in [0.15, 0.2) is 53.4 Å². The van der Waals surface area contributed by atoms with Crippen molar-refractivity contribution < 1.29 is 13.6 Å². The van der Waals surface area contributed by atoms with E-state index in [2.05, 4.69) is 10.3 Å². The fourth-order valence-electron chi connectivity index (χ4n) is 4.05. The normalized spacial score (nSPS) is 14.0. The molecule has 3 N–H and O–H groups in total. The van der Waals surface area contributed by atoms with Crippen molar-refractivity contribution in [2.24, 2.45) is 5.73 Å². The predicted molar refractivity (Wildman–Crippen MR) is 132 cm³/mol. The molecule has 1 atom stereocenters. The zero-order chi connectivity index (χ0) is 24.5. The Labute approximate surface area is 209 Å². The molecule has 5 rings (SSSR count). The number of hydrogen-bond donors (Lipinski definition) is 2. The van der Waals surface area contributed by atoms with Gasteiger partial charge in [-0.05, 0) is 42.5 Å². The second kappa shape index (κ2) is 9.73. The summed E-state index contributed by atoms with van der Waals surface area (Å²) in [6.45, 7) is 1.14. The average Bonchev–Trinajstić information content (AvgIpc) is 3.49. The zero-order valence-corrected chi connectivity index (χ0v) is 20.0. The van der Waals surface area contributed by atoms with Crippen LogP contribution >= 0.6 is 22.9 Å². The molecule has 0 unspecified atom stereocenters. The van der Waals surface area contributed by atoms with Gasteiger partial charge in [-0.1, -0.05) is 11.6 Å². The van der Waals surface area contributed by atoms with E-state index in [1.54, 1.807) is 28.6 Å². The van der Waals surface area contributed by atoms with Gasteiger partial charge in [0.15, 0.2) is 0 Å². The van der Waals surface area contributed by atoms with Gasteiger partial charge in [0.1, 0.15) is 29.0 Å². The number of nitrogens with two attached hydrogens (primary N) is 1. The summed E-state index contributed by atoms with van der Waals surface area (Å²) in [5, 5.41) is 5.13. The van der Waals surface area contributed by atoms with Gasteiger partial charge in [0.2, 0.25) is 5.91 Å². The van der Waals surface area contributed by atoms with Gasteiger partial charge in [-0.15, -0.1) is 11.3 Å². The largest absolute Gasteiger partial charge is 0.340 e. The number of imidazole rings is 1. The number of carbonyl (C=O) groups excluding carboxylic acids is 1. The van der Waals surface area contributed by atoms with Gasteiger partial charge in [-0.3, -0.25) is 4.79 Å². The summed E-state index contributed by atoms with van der Waals surface area (Å²) in [6.07, 6.45) is 0.364. The molecule has 0 spiro atoms. The maximum atomic E-state index is 14.1. The number of thiazole rings is 1. The summed E-state index contributed by atoms with van der Waals surface area (Å²) in [4.78, 5) is 23.7. The maximum absolute atomic E-state index is 14.1. The van der Waals surface area contributed by atoms with Crippen LogP contribution in [0.25, 0.3) is 11.3 Å². The second-order valence-corrected chi connectivity index (χ2v) is 9.31. The molecule has 1 aliphatic heterocycles. The summed E-state index contributed by atoms with van der Waals surface area (Å²) >= 11 is 7.29. The van der Waals surface area contributed by atoms with Crippen LogP contribution in [-0.4, -0.2) is 37.9 Å². The number of amides is 1. The highest BCUT2D eigenvalue weighted by Gasteiger charge is 2.29. The third kappa shape index (κ3) is 4.90. The quantitative estimate of drug-likeness (QED) is 0.393. The Morgan fingerprint density at radius 1 is 1.20 bits per heavy atom. The van der Waals surface area contributed by atoms with Crippen LogP contribution in [0.5, 0.6) is 0 Å². The van der Waals surface area contributed by atoms with E-state index in [9.17, 15) is 13.6 Å². The van der Waals surface area contributed by atoms with Crippen molar-refractivity contribution in [3.05, 3.63) is 81.5 Å². The highest BCUT2D eigenvalue weighted by atomic mass is 35.5. The van der Waals surface area contributed by atoms with Crippen LogP contribution in [0.2, 0.25) is 5.02 Å². The maximum Gasteiger partial charge on any atom is 0.240 e. The van der Waals surface area contributed by atoms with Gasteiger partial charge < -0.3 is 20.5 Å². The van der Waals surface area contributed by atoms with Crippen molar-refractivity contribution in [3.63, 3.8) is 0 Å². The van der Waals surface area contributed by atoms with E-state index in [4.69, 9.17) is 22.3 Å². The molecule has 0 saturated heterocycles. The standard InChI is InChI=1S/C24H21ClF2N6OS/c25-18-6-5-16(9-19(18)27)30-23-22(14-1-3-15(26)4-2-14)31-21-11-32(7-8-33(21)23)24(34)20(28)10-17-12-35-13-29-17/h1-6,9,12-13,20,30H,7-8,10-11,28H2/t20-/m0/s1. The smallest absolute Gasteiger partial charge is 0.240 e. The van der Waals surface area contributed by atoms with Crippen molar-refractivity contribution in [1.29, 1.82) is 0 Å². The molecule has 7 nitrogen and oxygen atoms in total. The summed E-state index contributed by atoms with van der Waals surface area (Å²) in [5.74, 6) is 0.168. The lowest BCUT2D eigenvalue weighted by Crippen LogP contribution is -2.47. The van der Waals surface area contributed by atoms with Gasteiger partial charge in [0.25, 0.3) is 0 Å². The molecular formula is C24H21ClF2N6OS. The predicted octanol–water partition coefficient (Wildman–Crippen LogP) is 4.59. The van der Waals surface area contributed by atoms with Crippen LogP contribution in [0.4, 0.5) is 20.3 Å². The van der Waals surface area contributed by atoms with Crippen molar-refractivity contribution >= 4 is 40.4 Å². The van der Waals surface area contributed by atoms with Crippen LogP contribution in [-0.2, 0) is 24.3 Å². The number of halogens is 3. The molecular weight excluding hydrogens is 494 g/mol. The van der Waals surface area contributed by atoms with E-state index < -0.39 is 11.9 Å². The number of rotatable bonds is 6. The lowest BCUT2D eigenvalue weighted by Gasteiger charge is -2.30. The van der Waals surface area contributed by atoms with E-state index in [1.165, 1.54) is 35.6 Å². The third-order valence-corrected chi connectivity index (χ3v) is 6.76. The first-order chi connectivity index (χ1) is 16.9.